The van der Waals surface area contributed by atoms with E-state index in [4.69, 9.17) is 0 Å². The highest BCUT2D eigenvalue weighted by atomic mass is 32.1. The van der Waals surface area contributed by atoms with Crippen molar-refractivity contribution in [1.29, 1.82) is 0 Å². The summed E-state index contributed by atoms with van der Waals surface area (Å²) in [5.74, 6) is 0.377. The summed E-state index contributed by atoms with van der Waals surface area (Å²) in [6, 6.07) is 8.34. The SMILES string of the molecule is Cc1nscc1C(=O)NCc1ccc(N2CCC(CO)CC2)cc1. The van der Waals surface area contributed by atoms with Crippen LogP contribution in [0.25, 0.3) is 0 Å². The second kappa shape index (κ2) is 7.77. The molecule has 1 fully saturated rings. The summed E-state index contributed by atoms with van der Waals surface area (Å²) in [4.78, 5) is 14.5. The quantitative estimate of drug-likeness (QED) is 0.874. The van der Waals surface area contributed by atoms with Crippen LogP contribution in [0.1, 0.15) is 34.5 Å². The zero-order valence-electron chi connectivity index (χ0n) is 13.9. The van der Waals surface area contributed by atoms with Crippen LogP contribution >= 0.6 is 11.5 Å². The maximum atomic E-state index is 12.1. The molecule has 1 saturated heterocycles. The summed E-state index contributed by atoms with van der Waals surface area (Å²) < 4.78 is 4.13. The van der Waals surface area contributed by atoms with Crippen molar-refractivity contribution in [1.82, 2.24) is 9.69 Å². The average molecular weight is 345 g/mol. The van der Waals surface area contributed by atoms with Gasteiger partial charge in [0.1, 0.15) is 0 Å². The number of nitrogens with zero attached hydrogens (tertiary/aromatic N) is 2. The van der Waals surface area contributed by atoms with Crippen molar-refractivity contribution >= 4 is 23.1 Å². The fourth-order valence-corrected chi connectivity index (χ4v) is 3.68. The number of aliphatic hydroxyl groups is 1. The van der Waals surface area contributed by atoms with Crippen molar-refractivity contribution in [3.8, 4) is 0 Å². The van der Waals surface area contributed by atoms with Crippen LogP contribution in [0.15, 0.2) is 29.6 Å². The lowest BCUT2D eigenvalue weighted by molar-refractivity contribution is 0.0950. The molecule has 0 spiro atoms. The highest BCUT2D eigenvalue weighted by Gasteiger charge is 2.18. The van der Waals surface area contributed by atoms with Crippen LogP contribution in [0.3, 0.4) is 0 Å². The highest BCUT2D eigenvalue weighted by molar-refractivity contribution is 7.03. The number of benzene rings is 1. The summed E-state index contributed by atoms with van der Waals surface area (Å²) in [7, 11) is 0. The molecule has 2 heterocycles. The van der Waals surface area contributed by atoms with E-state index in [1.54, 1.807) is 5.38 Å². The topological polar surface area (TPSA) is 65.5 Å². The monoisotopic (exact) mass is 345 g/mol. The van der Waals surface area contributed by atoms with Gasteiger partial charge in [0, 0.05) is 37.3 Å². The van der Waals surface area contributed by atoms with Crippen molar-refractivity contribution in [2.45, 2.75) is 26.3 Å². The lowest BCUT2D eigenvalue weighted by atomic mass is 9.97. The first kappa shape index (κ1) is 16.9. The van der Waals surface area contributed by atoms with Crippen LogP contribution in [0.4, 0.5) is 5.69 Å². The highest BCUT2D eigenvalue weighted by Crippen LogP contribution is 2.23. The van der Waals surface area contributed by atoms with Gasteiger partial charge in [-0.15, -0.1) is 0 Å². The molecule has 2 aromatic rings. The molecule has 0 saturated carbocycles. The van der Waals surface area contributed by atoms with E-state index in [9.17, 15) is 9.90 Å². The molecule has 24 heavy (non-hydrogen) atoms. The lowest BCUT2D eigenvalue weighted by Crippen LogP contribution is -2.34. The molecule has 128 valence electrons. The molecular weight excluding hydrogens is 322 g/mol. The molecule has 1 aromatic carbocycles. The van der Waals surface area contributed by atoms with Crippen LogP contribution in [-0.4, -0.2) is 35.1 Å². The molecule has 0 radical (unpaired) electrons. The van der Waals surface area contributed by atoms with Crippen molar-refractivity contribution < 1.29 is 9.90 Å². The molecule has 0 unspecified atom stereocenters. The van der Waals surface area contributed by atoms with E-state index in [-0.39, 0.29) is 5.91 Å². The second-order valence-corrected chi connectivity index (χ2v) is 6.90. The number of hydrogen-bond donors (Lipinski definition) is 2. The van der Waals surface area contributed by atoms with Gasteiger partial charge >= 0.3 is 0 Å². The molecule has 1 aliphatic heterocycles. The van der Waals surface area contributed by atoms with Gasteiger partial charge < -0.3 is 15.3 Å². The zero-order chi connectivity index (χ0) is 16.9. The van der Waals surface area contributed by atoms with Gasteiger partial charge in [-0.1, -0.05) is 12.1 Å². The number of carbonyl (C=O) groups is 1. The van der Waals surface area contributed by atoms with Gasteiger partial charge in [0.25, 0.3) is 5.91 Å². The summed E-state index contributed by atoms with van der Waals surface area (Å²) in [5.41, 5.74) is 3.72. The number of rotatable bonds is 5. The minimum atomic E-state index is -0.0728. The van der Waals surface area contributed by atoms with Crippen molar-refractivity contribution in [2.24, 2.45) is 5.92 Å². The predicted octanol–water partition coefficient (Wildman–Crippen LogP) is 2.59. The second-order valence-electron chi connectivity index (χ2n) is 6.28. The minimum Gasteiger partial charge on any atom is -0.396 e. The first-order chi connectivity index (χ1) is 11.7. The van der Waals surface area contributed by atoms with Crippen LogP contribution in [0, 0.1) is 12.8 Å². The third-order valence-electron chi connectivity index (χ3n) is 4.62. The number of anilines is 1. The summed E-state index contributed by atoms with van der Waals surface area (Å²) >= 11 is 1.30. The number of aromatic nitrogens is 1. The molecule has 0 atom stereocenters. The predicted molar refractivity (Wildman–Crippen MR) is 96.5 cm³/mol. The zero-order valence-corrected chi connectivity index (χ0v) is 14.7. The van der Waals surface area contributed by atoms with Crippen LogP contribution in [-0.2, 0) is 6.54 Å². The van der Waals surface area contributed by atoms with Gasteiger partial charge in [0.2, 0.25) is 0 Å². The normalized spacial score (nSPS) is 15.5. The fourth-order valence-electron chi connectivity index (χ4n) is 2.99. The molecular formula is C18H23N3O2S. The molecule has 3 rings (SSSR count). The van der Waals surface area contributed by atoms with Gasteiger partial charge in [-0.2, -0.15) is 4.37 Å². The number of carbonyl (C=O) groups excluding carboxylic acids is 1. The number of piperidine rings is 1. The molecule has 1 aliphatic rings. The summed E-state index contributed by atoms with van der Waals surface area (Å²) in [5, 5.41) is 13.9. The number of aryl methyl sites for hydroxylation is 1. The Morgan fingerprint density at radius 2 is 2.04 bits per heavy atom. The van der Waals surface area contributed by atoms with E-state index in [1.807, 2.05) is 6.92 Å². The first-order valence-electron chi connectivity index (χ1n) is 8.31. The minimum absolute atomic E-state index is 0.0728. The van der Waals surface area contributed by atoms with Crippen molar-refractivity contribution in [3.63, 3.8) is 0 Å². The Morgan fingerprint density at radius 1 is 1.33 bits per heavy atom. The Morgan fingerprint density at radius 3 is 2.62 bits per heavy atom. The van der Waals surface area contributed by atoms with Crippen LogP contribution in [0.5, 0.6) is 0 Å². The van der Waals surface area contributed by atoms with E-state index in [2.05, 4.69) is 38.9 Å². The molecule has 1 aromatic heterocycles. The molecule has 0 bridgehead atoms. The standard InChI is InChI=1S/C18H23N3O2S/c1-13-17(12-24-20-13)18(23)19-10-14-2-4-16(5-3-14)21-8-6-15(11-22)7-9-21/h2-5,12,15,22H,6-11H2,1H3,(H,19,23). The van der Waals surface area contributed by atoms with Gasteiger partial charge in [0.15, 0.2) is 0 Å². The molecule has 1 amide bonds. The first-order valence-corrected chi connectivity index (χ1v) is 9.15. The third kappa shape index (κ3) is 3.94. The Labute approximate surface area is 146 Å². The average Bonchev–Trinajstić information content (AvgIpc) is 3.06. The van der Waals surface area contributed by atoms with Gasteiger partial charge in [-0.05, 0) is 54.9 Å². The Hall–Kier alpha value is -1.92. The maximum absolute atomic E-state index is 12.1. The van der Waals surface area contributed by atoms with Gasteiger partial charge in [-0.3, -0.25) is 4.79 Å². The van der Waals surface area contributed by atoms with Crippen LogP contribution < -0.4 is 10.2 Å². The van der Waals surface area contributed by atoms with Gasteiger partial charge in [0.05, 0.1) is 11.3 Å². The summed E-state index contributed by atoms with van der Waals surface area (Å²) in [6.45, 7) is 4.64. The third-order valence-corrected chi connectivity index (χ3v) is 5.34. The summed E-state index contributed by atoms with van der Waals surface area (Å²) in [6.07, 6.45) is 2.09. The van der Waals surface area contributed by atoms with E-state index in [1.165, 1.54) is 17.2 Å². The van der Waals surface area contributed by atoms with Crippen molar-refractivity contribution in [2.75, 3.05) is 24.6 Å². The molecule has 6 heteroatoms. The Balaban J connectivity index is 1.53. The number of amides is 1. The van der Waals surface area contributed by atoms with E-state index < -0.39 is 0 Å². The number of aliphatic hydroxyl groups excluding tert-OH is 1. The van der Waals surface area contributed by atoms with Crippen LogP contribution in [0.2, 0.25) is 0 Å². The van der Waals surface area contributed by atoms with E-state index in [0.29, 0.717) is 24.6 Å². The Kier molecular flexibility index (Phi) is 5.48. The smallest absolute Gasteiger partial charge is 0.254 e. The van der Waals surface area contributed by atoms with Crippen molar-refractivity contribution in [3.05, 3.63) is 46.5 Å². The number of nitrogens with one attached hydrogen (secondary N) is 1. The van der Waals surface area contributed by atoms with E-state index in [0.717, 1.165) is 37.2 Å². The van der Waals surface area contributed by atoms with E-state index >= 15 is 0 Å². The molecule has 0 aliphatic carbocycles. The largest absolute Gasteiger partial charge is 0.396 e. The van der Waals surface area contributed by atoms with Gasteiger partial charge in [-0.25, -0.2) is 0 Å². The Bertz CT molecular complexity index is 676. The maximum Gasteiger partial charge on any atom is 0.254 e. The lowest BCUT2D eigenvalue weighted by Gasteiger charge is -2.33. The fraction of sp³-hybridized carbons (Fsp3) is 0.444. The number of hydrogen-bond acceptors (Lipinski definition) is 5. The molecule has 2 N–H and O–H groups in total. The molecule has 5 nitrogen and oxygen atoms in total.